The summed E-state index contributed by atoms with van der Waals surface area (Å²) in [7, 11) is 1.47. The lowest BCUT2D eigenvalue weighted by Gasteiger charge is -2.43. The maximum Gasteiger partial charge on any atom is 0.324 e. The molecule has 0 bridgehead atoms. The monoisotopic (exact) mass is 198 g/mol. The molecule has 14 heavy (non-hydrogen) atoms. The van der Waals surface area contributed by atoms with E-state index in [1.165, 1.54) is 26.4 Å². The van der Waals surface area contributed by atoms with E-state index >= 15 is 0 Å². The Labute approximate surface area is 84.6 Å². The molecule has 0 aromatic carbocycles. The minimum absolute atomic E-state index is 0.0564. The summed E-state index contributed by atoms with van der Waals surface area (Å²) in [5.74, 6) is -0.0934. The fourth-order valence-electron chi connectivity index (χ4n) is 2.51. The van der Waals surface area contributed by atoms with Crippen molar-refractivity contribution in [1.29, 1.82) is 0 Å². The molecular weight excluding hydrogens is 180 g/mol. The Morgan fingerprint density at radius 2 is 2.29 bits per heavy atom. The van der Waals surface area contributed by atoms with Crippen LogP contribution in [0, 0.1) is 0 Å². The van der Waals surface area contributed by atoms with Gasteiger partial charge in [0.1, 0.15) is 6.04 Å². The van der Waals surface area contributed by atoms with Crippen LogP contribution in [0.25, 0.3) is 0 Å². The van der Waals surface area contributed by atoms with Crippen LogP contribution >= 0.6 is 0 Å². The number of carbonyl (C=O) groups is 1. The molecule has 2 aliphatic heterocycles. The van der Waals surface area contributed by atoms with Gasteiger partial charge in [0, 0.05) is 19.1 Å². The van der Waals surface area contributed by atoms with Crippen molar-refractivity contribution in [3.8, 4) is 0 Å². The Balaban J connectivity index is 2.04. The van der Waals surface area contributed by atoms with Crippen LogP contribution in [0.1, 0.15) is 19.3 Å². The van der Waals surface area contributed by atoms with Crippen molar-refractivity contribution in [1.82, 2.24) is 10.2 Å². The molecule has 0 amide bonds. The van der Waals surface area contributed by atoms with E-state index < -0.39 is 0 Å². The quantitative estimate of drug-likeness (QED) is 0.602. The molecule has 0 aromatic heterocycles. The van der Waals surface area contributed by atoms with Crippen LogP contribution in [0.4, 0.5) is 0 Å². The zero-order chi connectivity index (χ0) is 9.97. The van der Waals surface area contributed by atoms with E-state index in [2.05, 4.69) is 10.2 Å². The van der Waals surface area contributed by atoms with Gasteiger partial charge in [-0.2, -0.15) is 0 Å². The number of carbonyl (C=O) groups excluding carboxylic acids is 1. The number of piperidine rings is 1. The van der Waals surface area contributed by atoms with E-state index in [4.69, 9.17) is 4.74 Å². The summed E-state index contributed by atoms with van der Waals surface area (Å²) in [4.78, 5) is 13.8. The fraction of sp³-hybridized carbons (Fsp3) is 0.900. The largest absolute Gasteiger partial charge is 0.468 e. The molecule has 0 radical (unpaired) electrons. The predicted octanol–water partition coefficient (Wildman–Crippen LogP) is -0.0143. The summed E-state index contributed by atoms with van der Waals surface area (Å²) in [6.07, 6.45) is 3.71. The van der Waals surface area contributed by atoms with Crippen LogP contribution in [0.15, 0.2) is 0 Å². The van der Waals surface area contributed by atoms with Gasteiger partial charge in [-0.25, -0.2) is 0 Å². The maximum atomic E-state index is 11.5. The van der Waals surface area contributed by atoms with Crippen molar-refractivity contribution in [3.63, 3.8) is 0 Å². The van der Waals surface area contributed by atoms with Crippen molar-refractivity contribution in [2.75, 3.05) is 26.7 Å². The second kappa shape index (κ2) is 4.28. The van der Waals surface area contributed by atoms with Crippen molar-refractivity contribution in [3.05, 3.63) is 0 Å². The van der Waals surface area contributed by atoms with Gasteiger partial charge in [-0.05, 0) is 19.4 Å². The Hall–Kier alpha value is -0.610. The standard InChI is InChI=1S/C10H18N2O2/c1-14-10(13)9-7-11-6-8-4-2-3-5-12(8)9/h8-9,11H,2-7H2,1H3. The molecular formula is C10H18N2O2. The third-order valence-corrected chi connectivity index (χ3v) is 3.26. The smallest absolute Gasteiger partial charge is 0.324 e. The topological polar surface area (TPSA) is 41.6 Å². The number of ether oxygens (including phenoxy) is 1. The van der Waals surface area contributed by atoms with Gasteiger partial charge < -0.3 is 10.1 Å². The molecule has 2 heterocycles. The number of rotatable bonds is 1. The van der Waals surface area contributed by atoms with E-state index in [1.54, 1.807) is 0 Å². The highest BCUT2D eigenvalue weighted by molar-refractivity contribution is 5.76. The number of methoxy groups -OCH3 is 1. The van der Waals surface area contributed by atoms with Crippen molar-refractivity contribution < 1.29 is 9.53 Å². The second-order valence-corrected chi connectivity index (χ2v) is 4.08. The van der Waals surface area contributed by atoms with Gasteiger partial charge in [0.25, 0.3) is 0 Å². The lowest BCUT2D eigenvalue weighted by atomic mass is 9.97. The van der Waals surface area contributed by atoms with Gasteiger partial charge >= 0.3 is 5.97 Å². The maximum absolute atomic E-state index is 11.5. The molecule has 0 saturated carbocycles. The van der Waals surface area contributed by atoms with Gasteiger partial charge in [0.2, 0.25) is 0 Å². The molecule has 80 valence electrons. The van der Waals surface area contributed by atoms with Crippen molar-refractivity contribution >= 4 is 5.97 Å². The average molecular weight is 198 g/mol. The Kier molecular flexibility index (Phi) is 3.03. The molecule has 4 nitrogen and oxygen atoms in total. The first kappa shape index (κ1) is 9.93. The zero-order valence-corrected chi connectivity index (χ0v) is 8.66. The van der Waals surface area contributed by atoms with Gasteiger partial charge in [-0.1, -0.05) is 6.42 Å². The van der Waals surface area contributed by atoms with E-state index in [-0.39, 0.29) is 12.0 Å². The van der Waals surface area contributed by atoms with Crippen LogP contribution in [0.3, 0.4) is 0 Å². The number of hydrogen-bond donors (Lipinski definition) is 1. The molecule has 1 N–H and O–H groups in total. The first-order valence-electron chi connectivity index (χ1n) is 5.37. The molecule has 2 saturated heterocycles. The molecule has 2 rings (SSSR count). The second-order valence-electron chi connectivity index (χ2n) is 4.08. The Bertz CT molecular complexity index is 218. The summed E-state index contributed by atoms with van der Waals surface area (Å²) in [5.41, 5.74) is 0. The highest BCUT2D eigenvalue weighted by Gasteiger charge is 2.36. The predicted molar refractivity (Wildman–Crippen MR) is 53.0 cm³/mol. The first-order valence-corrected chi connectivity index (χ1v) is 5.37. The average Bonchev–Trinajstić information content (AvgIpc) is 2.27. The van der Waals surface area contributed by atoms with E-state index in [0.29, 0.717) is 6.04 Å². The highest BCUT2D eigenvalue weighted by atomic mass is 16.5. The summed E-state index contributed by atoms with van der Waals surface area (Å²) in [6.45, 7) is 2.81. The highest BCUT2D eigenvalue weighted by Crippen LogP contribution is 2.21. The molecule has 2 unspecified atom stereocenters. The van der Waals surface area contributed by atoms with Crippen LogP contribution in [-0.4, -0.2) is 49.7 Å². The number of fused-ring (bicyclic) bond motifs is 1. The molecule has 2 aliphatic rings. The summed E-state index contributed by atoms with van der Waals surface area (Å²) in [5, 5.41) is 3.31. The molecule has 0 spiro atoms. The van der Waals surface area contributed by atoms with E-state index in [9.17, 15) is 4.79 Å². The third-order valence-electron chi connectivity index (χ3n) is 3.26. The summed E-state index contributed by atoms with van der Waals surface area (Å²) in [6, 6.07) is 0.487. The van der Waals surface area contributed by atoms with Crippen LogP contribution in [0.2, 0.25) is 0 Å². The van der Waals surface area contributed by atoms with E-state index in [0.717, 1.165) is 19.6 Å². The third kappa shape index (κ3) is 1.77. The van der Waals surface area contributed by atoms with Crippen LogP contribution < -0.4 is 5.32 Å². The van der Waals surface area contributed by atoms with Crippen molar-refractivity contribution in [2.24, 2.45) is 0 Å². The molecule has 0 aliphatic carbocycles. The molecule has 2 atom stereocenters. The minimum atomic E-state index is -0.0934. The van der Waals surface area contributed by atoms with Gasteiger partial charge in [0.05, 0.1) is 7.11 Å². The normalized spacial score (nSPS) is 33.5. The van der Waals surface area contributed by atoms with Crippen molar-refractivity contribution in [2.45, 2.75) is 31.3 Å². The van der Waals surface area contributed by atoms with Gasteiger partial charge in [-0.3, -0.25) is 9.69 Å². The number of esters is 1. The van der Waals surface area contributed by atoms with Gasteiger partial charge in [0.15, 0.2) is 0 Å². The first-order chi connectivity index (χ1) is 6.83. The lowest BCUT2D eigenvalue weighted by Crippen LogP contribution is -2.61. The Morgan fingerprint density at radius 1 is 1.43 bits per heavy atom. The fourth-order valence-corrected chi connectivity index (χ4v) is 2.51. The molecule has 2 fully saturated rings. The molecule has 4 heteroatoms. The number of nitrogens with one attached hydrogen (secondary N) is 1. The SMILES string of the molecule is COC(=O)C1CNCC2CCCCN21. The number of piperazine rings is 1. The number of hydrogen-bond acceptors (Lipinski definition) is 4. The minimum Gasteiger partial charge on any atom is -0.468 e. The van der Waals surface area contributed by atoms with Gasteiger partial charge in [-0.15, -0.1) is 0 Å². The number of nitrogens with zero attached hydrogens (tertiary/aromatic N) is 1. The van der Waals surface area contributed by atoms with Crippen LogP contribution in [-0.2, 0) is 9.53 Å². The lowest BCUT2D eigenvalue weighted by molar-refractivity contribution is -0.149. The molecule has 0 aromatic rings. The summed E-state index contributed by atoms with van der Waals surface area (Å²) >= 11 is 0. The Morgan fingerprint density at radius 3 is 3.07 bits per heavy atom. The van der Waals surface area contributed by atoms with Crippen LogP contribution in [0.5, 0.6) is 0 Å². The van der Waals surface area contributed by atoms with E-state index in [1.807, 2.05) is 0 Å². The summed E-state index contributed by atoms with van der Waals surface area (Å²) < 4.78 is 4.82. The zero-order valence-electron chi connectivity index (χ0n) is 8.66.